The zero-order chi connectivity index (χ0) is 22.2. The molecule has 2 aromatic heterocycles. The van der Waals surface area contributed by atoms with E-state index in [1.165, 1.54) is 12.7 Å². The molecule has 0 spiro atoms. The Balaban J connectivity index is 1.49. The topological polar surface area (TPSA) is 138 Å². The number of hydrogen-bond donors (Lipinski definition) is 4. The van der Waals surface area contributed by atoms with Crippen LogP contribution in [0.5, 0.6) is 11.5 Å². The maximum Gasteiger partial charge on any atom is 0.176 e. The third-order valence-electron chi connectivity index (χ3n) is 4.39. The summed E-state index contributed by atoms with van der Waals surface area (Å²) in [5.74, 6) is 1.87. The quantitative estimate of drug-likeness (QED) is 0.179. The Bertz CT molecular complexity index is 1200. The van der Waals surface area contributed by atoms with Crippen LogP contribution in [0.4, 0.5) is 17.3 Å². The van der Waals surface area contributed by atoms with Crippen LogP contribution in [0.1, 0.15) is 12.0 Å². The average Bonchev–Trinajstić information content (AvgIpc) is 2.82. The molecule has 4 aromatic rings. The fourth-order valence-corrected chi connectivity index (χ4v) is 2.81. The van der Waals surface area contributed by atoms with Gasteiger partial charge in [0.05, 0.1) is 12.8 Å². The maximum absolute atomic E-state index is 9.36. The largest absolute Gasteiger partial charge is 0.508 e. The lowest BCUT2D eigenvalue weighted by molar-refractivity contribution is 0.233. The number of hydrazone groups is 1. The Morgan fingerprint density at radius 2 is 1.56 bits per heavy atom. The van der Waals surface area contributed by atoms with Gasteiger partial charge in [-0.05, 0) is 54.1 Å². The minimum atomic E-state index is 0.0985. The molecule has 0 amide bonds. The van der Waals surface area contributed by atoms with E-state index in [-0.39, 0.29) is 12.4 Å². The molecular weight excluding hydrogens is 410 g/mol. The number of aliphatic hydroxyl groups is 1. The molecule has 10 nitrogen and oxygen atoms in total. The molecule has 10 heteroatoms. The van der Waals surface area contributed by atoms with Gasteiger partial charge in [0.25, 0.3) is 0 Å². The first-order valence-corrected chi connectivity index (χ1v) is 9.87. The van der Waals surface area contributed by atoms with Crippen LogP contribution in [0.3, 0.4) is 0 Å². The molecule has 2 aromatic carbocycles. The molecule has 0 saturated heterocycles. The van der Waals surface area contributed by atoms with E-state index in [1.807, 2.05) is 24.3 Å². The predicted molar refractivity (Wildman–Crippen MR) is 121 cm³/mol. The summed E-state index contributed by atoms with van der Waals surface area (Å²) >= 11 is 0. The number of rotatable bonds is 9. The summed E-state index contributed by atoms with van der Waals surface area (Å²) in [7, 11) is 0. The van der Waals surface area contributed by atoms with E-state index in [1.54, 1.807) is 30.5 Å². The highest BCUT2D eigenvalue weighted by Gasteiger charge is 2.10. The van der Waals surface area contributed by atoms with Crippen molar-refractivity contribution in [2.45, 2.75) is 6.42 Å². The summed E-state index contributed by atoms with van der Waals surface area (Å²) in [4.78, 5) is 17.1. The van der Waals surface area contributed by atoms with Gasteiger partial charge in [0.1, 0.15) is 35.2 Å². The molecule has 0 atom stereocenters. The number of aromatic nitrogens is 4. The number of nitrogens with one attached hydrogen (secondary N) is 2. The number of benzene rings is 2. The Morgan fingerprint density at radius 1 is 0.875 bits per heavy atom. The zero-order valence-corrected chi connectivity index (χ0v) is 17.0. The van der Waals surface area contributed by atoms with Crippen LogP contribution in [-0.2, 0) is 0 Å². The van der Waals surface area contributed by atoms with E-state index in [0.717, 1.165) is 17.0 Å². The minimum absolute atomic E-state index is 0.0985. The molecule has 0 aliphatic rings. The first-order valence-electron chi connectivity index (χ1n) is 9.87. The number of hydrogen-bond acceptors (Lipinski definition) is 10. The van der Waals surface area contributed by atoms with Crippen molar-refractivity contribution in [1.82, 2.24) is 19.9 Å². The van der Waals surface area contributed by atoms with Gasteiger partial charge in [-0.15, -0.1) is 0 Å². The fourth-order valence-electron chi connectivity index (χ4n) is 2.81. The predicted octanol–water partition coefficient (Wildman–Crippen LogP) is 3.08. The van der Waals surface area contributed by atoms with Gasteiger partial charge in [0.15, 0.2) is 11.6 Å². The smallest absolute Gasteiger partial charge is 0.176 e. The van der Waals surface area contributed by atoms with Crippen LogP contribution in [0.15, 0.2) is 66.3 Å². The molecular formula is C22H21N7O3. The molecule has 0 radical (unpaired) electrons. The molecule has 0 unspecified atom stereocenters. The SMILES string of the molecule is OCCCOc1ccc(Nc2ncnc3c(N/N=C/c4ccc(O)cc4)ncnc23)cc1. The Kier molecular flexibility index (Phi) is 6.63. The molecule has 32 heavy (non-hydrogen) atoms. The van der Waals surface area contributed by atoms with E-state index < -0.39 is 0 Å². The van der Waals surface area contributed by atoms with Crippen molar-refractivity contribution in [1.29, 1.82) is 0 Å². The number of anilines is 3. The first-order chi connectivity index (χ1) is 15.7. The van der Waals surface area contributed by atoms with Crippen molar-refractivity contribution >= 4 is 34.6 Å². The fraction of sp³-hybridized carbons (Fsp3) is 0.136. The van der Waals surface area contributed by atoms with Gasteiger partial charge in [-0.2, -0.15) is 5.10 Å². The Hall–Kier alpha value is -4.31. The van der Waals surface area contributed by atoms with E-state index in [0.29, 0.717) is 35.7 Å². The van der Waals surface area contributed by atoms with Gasteiger partial charge in [0.2, 0.25) is 0 Å². The second-order valence-corrected chi connectivity index (χ2v) is 6.68. The number of phenols is 1. The van der Waals surface area contributed by atoms with Crippen molar-refractivity contribution in [3.8, 4) is 11.5 Å². The van der Waals surface area contributed by atoms with Gasteiger partial charge >= 0.3 is 0 Å². The first kappa shape index (κ1) is 20.9. The lowest BCUT2D eigenvalue weighted by Gasteiger charge is -2.10. The van der Waals surface area contributed by atoms with Gasteiger partial charge in [-0.1, -0.05) is 0 Å². The second kappa shape index (κ2) is 10.1. The lowest BCUT2D eigenvalue weighted by Crippen LogP contribution is -2.02. The van der Waals surface area contributed by atoms with E-state index in [9.17, 15) is 5.11 Å². The second-order valence-electron chi connectivity index (χ2n) is 6.68. The van der Waals surface area contributed by atoms with Crippen LogP contribution in [0.2, 0.25) is 0 Å². The van der Waals surface area contributed by atoms with Gasteiger partial charge in [-0.25, -0.2) is 19.9 Å². The molecule has 0 aliphatic carbocycles. The third kappa shape index (κ3) is 5.24. The highest BCUT2D eigenvalue weighted by atomic mass is 16.5. The summed E-state index contributed by atoms with van der Waals surface area (Å²) in [6, 6.07) is 14.1. The number of phenolic OH excluding ortho intramolecular Hbond substituents is 1. The monoisotopic (exact) mass is 431 g/mol. The molecule has 4 rings (SSSR count). The van der Waals surface area contributed by atoms with Gasteiger partial charge in [-0.3, -0.25) is 5.43 Å². The van der Waals surface area contributed by atoms with Crippen molar-refractivity contribution in [2.75, 3.05) is 24.0 Å². The highest BCUT2D eigenvalue weighted by Crippen LogP contribution is 2.25. The Morgan fingerprint density at radius 3 is 2.28 bits per heavy atom. The van der Waals surface area contributed by atoms with E-state index in [4.69, 9.17) is 9.84 Å². The third-order valence-corrected chi connectivity index (χ3v) is 4.39. The molecule has 0 aliphatic heterocycles. The summed E-state index contributed by atoms with van der Waals surface area (Å²) in [6.45, 7) is 0.559. The summed E-state index contributed by atoms with van der Waals surface area (Å²) in [5.41, 5.74) is 5.54. The maximum atomic E-state index is 9.36. The van der Waals surface area contributed by atoms with E-state index >= 15 is 0 Å². The van der Waals surface area contributed by atoms with Gasteiger partial charge in [0, 0.05) is 18.7 Å². The molecule has 162 valence electrons. The molecule has 0 bridgehead atoms. The van der Waals surface area contributed by atoms with Crippen LogP contribution in [0.25, 0.3) is 11.0 Å². The van der Waals surface area contributed by atoms with Crippen LogP contribution < -0.4 is 15.5 Å². The average molecular weight is 431 g/mol. The van der Waals surface area contributed by atoms with Crippen LogP contribution in [0, 0.1) is 0 Å². The number of nitrogens with zero attached hydrogens (tertiary/aromatic N) is 5. The summed E-state index contributed by atoms with van der Waals surface area (Å²) in [6.07, 6.45) is 5.03. The molecule has 2 heterocycles. The van der Waals surface area contributed by atoms with Crippen molar-refractivity contribution < 1.29 is 14.9 Å². The standard InChI is InChI=1S/C22H21N7O3/c30-10-1-11-32-18-8-4-16(5-9-18)28-21-19-20(24-13-25-21)22(26-14-23-19)29-27-12-15-2-6-17(31)7-3-15/h2-9,12-14,30-31H,1,10-11H2,(H,23,26,29)(H,24,25,28)/b27-12+. The number of ether oxygens (including phenoxy) is 1. The number of fused-ring (bicyclic) bond motifs is 1. The number of aliphatic hydroxyl groups excluding tert-OH is 1. The molecule has 0 saturated carbocycles. The summed E-state index contributed by atoms with van der Waals surface area (Å²) < 4.78 is 5.54. The van der Waals surface area contributed by atoms with Crippen molar-refractivity contribution in [3.05, 3.63) is 66.7 Å². The zero-order valence-electron chi connectivity index (χ0n) is 17.0. The van der Waals surface area contributed by atoms with E-state index in [2.05, 4.69) is 35.8 Å². The van der Waals surface area contributed by atoms with Crippen molar-refractivity contribution in [3.63, 3.8) is 0 Å². The van der Waals surface area contributed by atoms with Gasteiger partial charge < -0.3 is 20.3 Å². The normalized spacial score (nSPS) is 11.0. The molecule has 0 fully saturated rings. The number of aromatic hydroxyl groups is 1. The van der Waals surface area contributed by atoms with Crippen molar-refractivity contribution in [2.24, 2.45) is 5.10 Å². The Labute approximate surface area is 183 Å². The minimum Gasteiger partial charge on any atom is -0.508 e. The molecule has 4 N–H and O–H groups in total. The van der Waals surface area contributed by atoms with Crippen LogP contribution in [-0.4, -0.2) is 49.6 Å². The lowest BCUT2D eigenvalue weighted by atomic mass is 10.2. The summed E-state index contributed by atoms with van der Waals surface area (Å²) in [5, 5.41) is 25.6. The highest BCUT2D eigenvalue weighted by molar-refractivity contribution is 5.93. The van der Waals surface area contributed by atoms with Crippen LogP contribution >= 0.6 is 0 Å².